The van der Waals surface area contributed by atoms with Gasteiger partial charge in [0.2, 0.25) is 0 Å². The lowest BCUT2D eigenvalue weighted by Crippen LogP contribution is -2.49. The van der Waals surface area contributed by atoms with E-state index in [4.69, 9.17) is 13.6 Å². The lowest BCUT2D eigenvalue weighted by molar-refractivity contribution is -0.136. The molecular weight excluding hydrogens is 629 g/mol. The molecule has 0 aromatic rings. The molecule has 1 N–H and O–H groups in total. The van der Waals surface area contributed by atoms with Crippen LogP contribution in [0, 0.1) is 23.2 Å². The van der Waals surface area contributed by atoms with Crippen LogP contribution in [0.3, 0.4) is 0 Å². The molecule has 0 radical (unpaired) electrons. The lowest BCUT2D eigenvalue weighted by atomic mass is 9.60. The van der Waals surface area contributed by atoms with E-state index in [9.17, 15) is 9.90 Å². The van der Waals surface area contributed by atoms with E-state index in [1.165, 1.54) is 44.8 Å². The summed E-state index contributed by atoms with van der Waals surface area (Å²) in [5, 5.41) is 10.9. The molecule has 0 heterocycles. The Kier molecular flexibility index (Phi) is 13.3. The average Bonchev–Trinajstić information content (AvgIpc) is 3.32. The number of carbonyl (C=O) groups is 1. The van der Waals surface area contributed by atoms with Gasteiger partial charge in [0.1, 0.15) is 0 Å². The monoisotopic (exact) mass is 700 g/mol. The minimum atomic E-state index is -2.01. The quantitative estimate of drug-likeness (QED) is 0.125. The van der Waals surface area contributed by atoms with E-state index in [0.717, 1.165) is 24.8 Å². The first-order valence-corrected chi connectivity index (χ1v) is 24.6. The summed E-state index contributed by atoms with van der Waals surface area (Å²) >= 11 is 0. The number of allylic oxidation sites excluding steroid dienone is 3. The summed E-state index contributed by atoms with van der Waals surface area (Å²) in [7, 11) is -2.61. The van der Waals surface area contributed by atoms with E-state index in [0.29, 0.717) is 29.7 Å². The summed E-state index contributed by atoms with van der Waals surface area (Å²) in [5.41, 5.74) is 4.67. The Bertz CT molecular complexity index is 1230. The van der Waals surface area contributed by atoms with Crippen molar-refractivity contribution in [2.24, 2.45) is 23.2 Å². The maximum Gasteiger partial charge on any atom is 0.333 e. The van der Waals surface area contributed by atoms with Crippen LogP contribution in [0.1, 0.15) is 120 Å². The van der Waals surface area contributed by atoms with Crippen molar-refractivity contribution in [3.8, 4) is 0 Å². The van der Waals surface area contributed by atoms with Crippen molar-refractivity contribution in [1.29, 1.82) is 0 Å². The van der Waals surface area contributed by atoms with E-state index in [-0.39, 0.29) is 34.1 Å². The molecule has 0 aromatic heterocycles. The van der Waals surface area contributed by atoms with Crippen LogP contribution in [0.15, 0.2) is 47.6 Å². The Balaban J connectivity index is 1.81. The fourth-order valence-electron chi connectivity index (χ4n) is 8.25. The second-order valence-corrected chi connectivity index (χ2v) is 28.4. The molecular formula is C41H72O5Si2. The first kappa shape index (κ1) is 41.2. The first-order chi connectivity index (χ1) is 21.9. The third-order valence-electron chi connectivity index (χ3n) is 13.4. The van der Waals surface area contributed by atoms with Gasteiger partial charge >= 0.3 is 5.97 Å². The van der Waals surface area contributed by atoms with Gasteiger partial charge in [-0.3, -0.25) is 0 Å². The van der Waals surface area contributed by atoms with Crippen LogP contribution in [0.25, 0.3) is 0 Å². The molecule has 5 nitrogen and oxygen atoms in total. The SMILES string of the molecule is C=C(CC(O)CC[C@@H](C)[C@H]1CCC2C(=CC=C3C[C@@H](O[Si](C)(C)C(C)(C)C)C[C@H](O[Si](C)(C)C(C)(C)C)C3=C)CCC[C@@]21C)C(=O)OC. The van der Waals surface area contributed by atoms with Gasteiger partial charge in [0, 0.05) is 18.4 Å². The summed E-state index contributed by atoms with van der Waals surface area (Å²) in [5.74, 6) is 1.30. The zero-order chi connectivity index (χ0) is 36.5. The van der Waals surface area contributed by atoms with Gasteiger partial charge in [0.25, 0.3) is 0 Å². The number of methoxy groups -OCH3 is 1. The van der Waals surface area contributed by atoms with Crippen LogP contribution in [0.2, 0.25) is 36.3 Å². The number of esters is 1. The molecule has 3 aliphatic rings. The molecule has 0 bridgehead atoms. The molecule has 2 unspecified atom stereocenters. The molecule has 3 aliphatic carbocycles. The molecule has 0 spiro atoms. The third kappa shape index (κ3) is 9.54. The van der Waals surface area contributed by atoms with Gasteiger partial charge in [-0.05, 0) is 122 Å². The number of hydrogen-bond acceptors (Lipinski definition) is 5. The number of fused-ring (bicyclic) bond motifs is 1. The predicted molar refractivity (Wildman–Crippen MR) is 207 cm³/mol. The van der Waals surface area contributed by atoms with Crippen molar-refractivity contribution < 1.29 is 23.5 Å². The van der Waals surface area contributed by atoms with Crippen molar-refractivity contribution >= 4 is 22.6 Å². The highest BCUT2D eigenvalue weighted by Gasteiger charge is 2.51. The van der Waals surface area contributed by atoms with Gasteiger partial charge in [-0.15, -0.1) is 0 Å². The number of hydrogen-bond donors (Lipinski definition) is 1. The summed E-state index contributed by atoms with van der Waals surface area (Å²) in [6.07, 6.45) is 14.3. The molecule has 3 rings (SSSR count). The first-order valence-electron chi connectivity index (χ1n) is 18.8. The molecule has 7 atom stereocenters. The summed E-state index contributed by atoms with van der Waals surface area (Å²) < 4.78 is 18.9. The molecule has 0 amide bonds. The van der Waals surface area contributed by atoms with E-state index in [2.05, 4.69) is 107 Å². The van der Waals surface area contributed by atoms with Crippen LogP contribution in [-0.2, 0) is 18.4 Å². The van der Waals surface area contributed by atoms with E-state index in [1.807, 2.05) is 0 Å². The van der Waals surface area contributed by atoms with Crippen LogP contribution in [-0.4, -0.2) is 53.1 Å². The average molecular weight is 701 g/mol. The van der Waals surface area contributed by atoms with Gasteiger partial charge in [-0.2, -0.15) is 0 Å². The summed E-state index contributed by atoms with van der Waals surface area (Å²) in [6.45, 7) is 36.7. The van der Waals surface area contributed by atoms with Crippen molar-refractivity contribution in [1.82, 2.24) is 0 Å². The maximum absolute atomic E-state index is 11.8. The normalized spacial score (nSPS) is 30.3. The van der Waals surface area contributed by atoms with Crippen LogP contribution in [0.4, 0.5) is 0 Å². The maximum atomic E-state index is 11.8. The molecule has 0 saturated heterocycles. The number of aliphatic hydroxyl groups is 1. The fraction of sp³-hybridized carbons (Fsp3) is 0.780. The number of aliphatic hydroxyl groups excluding tert-OH is 1. The van der Waals surface area contributed by atoms with E-state index >= 15 is 0 Å². The third-order valence-corrected chi connectivity index (χ3v) is 22.4. The molecule has 0 aromatic carbocycles. The summed E-state index contributed by atoms with van der Waals surface area (Å²) in [6, 6.07) is 0. The molecule has 0 aliphatic heterocycles. The molecule has 3 saturated carbocycles. The second-order valence-electron chi connectivity index (χ2n) is 18.9. The predicted octanol–water partition coefficient (Wildman–Crippen LogP) is 11.1. The van der Waals surface area contributed by atoms with E-state index in [1.54, 1.807) is 5.57 Å². The van der Waals surface area contributed by atoms with Gasteiger partial charge < -0.3 is 18.7 Å². The van der Waals surface area contributed by atoms with Gasteiger partial charge in [-0.25, -0.2) is 4.79 Å². The Morgan fingerprint density at radius 2 is 1.62 bits per heavy atom. The Morgan fingerprint density at radius 1 is 1.02 bits per heavy atom. The number of rotatable bonds is 12. The highest BCUT2D eigenvalue weighted by Crippen LogP contribution is 2.60. The molecule has 3 fully saturated rings. The minimum absolute atomic E-state index is 0.00692. The molecule has 7 heteroatoms. The minimum Gasteiger partial charge on any atom is -0.466 e. The van der Waals surface area contributed by atoms with Gasteiger partial charge in [0.15, 0.2) is 16.6 Å². The highest BCUT2D eigenvalue weighted by atomic mass is 28.4. The Labute approximate surface area is 297 Å². The zero-order valence-electron chi connectivity index (χ0n) is 33.2. The Hall–Kier alpha value is -1.26. The largest absolute Gasteiger partial charge is 0.466 e. The van der Waals surface area contributed by atoms with Crippen molar-refractivity contribution in [3.05, 3.63) is 47.6 Å². The smallest absolute Gasteiger partial charge is 0.333 e. The lowest BCUT2D eigenvalue weighted by Gasteiger charge is -2.46. The number of ether oxygens (including phenoxy) is 1. The highest BCUT2D eigenvalue weighted by molar-refractivity contribution is 6.74. The zero-order valence-corrected chi connectivity index (χ0v) is 35.2. The topological polar surface area (TPSA) is 65.0 Å². The summed E-state index contributed by atoms with van der Waals surface area (Å²) in [4.78, 5) is 11.8. The standard InChI is InChI=1S/C41H72O5Si2/c1-28(18-21-33(42)25-29(2)38(43)44-11)35-22-23-36-31(17-16-24-41(35,36)10)19-20-32-26-34(45-47(12,13)39(4,5)6)27-37(30(32)3)46-48(14,15)40(7,8)9/h19-20,28,33-37,42H,2-3,16-18,21-27H2,1,4-15H3/t28-,33?,34-,35-,36?,37+,41-/m1/s1. The van der Waals surface area contributed by atoms with Crippen molar-refractivity contribution in [2.45, 2.75) is 174 Å². The van der Waals surface area contributed by atoms with E-state index < -0.39 is 28.7 Å². The molecule has 274 valence electrons. The van der Waals surface area contributed by atoms with Crippen LogP contribution < -0.4 is 0 Å². The van der Waals surface area contributed by atoms with Crippen LogP contribution in [0.5, 0.6) is 0 Å². The van der Waals surface area contributed by atoms with Gasteiger partial charge in [0.05, 0.1) is 25.4 Å². The molecule has 48 heavy (non-hydrogen) atoms. The van der Waals surface area contributed by atoms with Crippen molar-refractivity contribution in [2.75, 3.05) is 7.11 Å². The van der Waals surface area contributed by atoms with Gasteiger partial charge in [-0.1, -0.05) is 86.3 Å². The van der Waals surface area contributed by atoms with Crippen LogP contribution >= 0.6 is 0 Å². The fourth-order valence-corrected chi connectivity index (χ4v) is 10.9. The Morgan fingerprint density at radius 3 is 2.21 bits per heavy atom. The number of carbonyl (C=O) groups excluding carboxylic acids is 1. The van der Waals surface area contributed by atoms with Crippen molar-refractivity contribution in [3.63, 3.8) is 0 Å². The second kappa shape index (κ2) is 15.5.